The van der Waals surface area contributed by atoms with Crippen molar-refractivity contribution in [2.24, 2.45) is 7.05 Å². The minimum absolute atomic E-state index is 0.0109. The number of likely N-dealkylation sites (N-methyl/N-ethyl adjacent to an activating group) is 1. The quantitative estimate of drug-likeness (QED) is 0.854. The SMILES string of the molecule is CN1CCN(C(=O)c2cn(C)nc2-c2ccccc2)CC1(C)C. The lowest BCUT2D eigenvalue weighted by atomic mass is 9.98. The van der Waals surface area contributed by atoms with Gasteiger partial charge in [-0.05, 0) is 20.9 Å². The number of rotatable bonds is 2. The molecule has 1 fully saturated rings. The van der Waals surface area contributed by atoms with E-state index in [9.17, 15) is 4.79 Å². The summed E-state index contributed by atoms with van der Waals surface area (Å²) in [5.41, 5.74) is 2.40. The van der Waals surface area contributed by atoms with E-state index < -0.39 is 0 Å². The fourth-order valence-electron chi connectivity index (χ4n) is 3.04. The molecule has 1 aromatic heterocycles. The highest BCUT2D eigenvalue weighted by Gasteiger charge is 2.34. The molecule has 0 saturated carbocycles. The third kappa shape index (κ3) is 3.01. The van der Waals surface area contributed by atoms with Gasteiger partial charge in [0, 0.05) is 44.0 Å². The molecule has 0 bridgehead atoms. The average Bonchev–Trinajstić information content (AvgIpc) is 2.92. The minimum atomic E-state index is -0.0109. The van der Waals surface area contributed by atoms with Gasteiger partial charge < -0.3 is 4.90 Å². The number of hydrogen-bond acceptors (Lipinski definition) is 3. The van der Waals surface area contributed by atoms with E-state index in [1.165, 1.54) is 0 Å². The molecule has 1 aliphatic heterocycles. The summed E-state index contributed by atoms with van der Waals surface area (Å²) in [7, 11) is 3.97. The molecule has 0 atom stereocenters. The standard InChI is InChI=1S/C18H24N4O/c1-18(2)13-22(11-10-20(18)3)17(23)15-12-21(4)19-16(15)14-8-6-5-7-9-14/h5-9,12H,10-11,13H2,1-4H3. The first-order valence-corrected chi connectivity index (χ1v) is 7.98. The van der Waals surface area contributed by atoms with Gasteiger partial charge in [0.1, 0.15) is 5.69 Å². The zero-order chi connectivity index (χ0) is 16.6. The van der Waals surface area contributed by atoms with E-state index in [4.69, 9.17) is 0 Å². The van der Waals surface area contributed by atoms with Gasteiger partial charge >= 0.3 is 0 Å². The third-order valence-electron chi connectivity index (χ3n) is 4.71. The number of piperazine rings is 1. The Balaban J connectivity index is 1.92. The smallest absolute Gasteiger partial charge is 0.257 e. The first kappa shape index (κ1) is 15.7. The fraction of sp³-hybridized carbons (Fsp3) is 0.444. The predicted molar refractivity (Wildman–Crippen MR) is 91.3 cm³/mol. The molecule has 5 nitrogen and oxygen atoms in total. The van der Waals surface area contributed by atoms with Gasteiger partial charge in [-0.15, -0.1) is 0 Å². The molecule has 1 aromatic carbocycles. The Hall–Kier alpha value is -2.14. The molecule has 1 amide bonds. The van der Waals surface area contributed by atoms with Gasteiger partial charge in [0.15, 0.2) is 0 Å². The Morgan fingerprint density at radius 1 is 1.13 bits per heavy atom. The van der Waals surface area contributed by atoms with Gasteiger partial charge in [0.25, 0.3) is 5.91 Å². The zero-order valence-corrected chi connectivity index (χ0v) is 14.3. The van der Waals surface area contributed by atoms with Crippen molar-refractivity contribution in [3.63, 3.8) is 0 Å². The van der Waals surface area contributed by atoms with Crippen LogP contribution in [0.3, 0.4) is 0 Å². The summed E-state index contributed by atoms with van der Waals surface area (Å²) < 4.78 is 1.72. The molecular formula is C18H24N4O. The molecule has 0 unspecified atom stereocenters. The van der Waals surface area contributed by atoms with Gasteiger partial charge in [0.2, 0.25) is 0 Å². The van der Waals surface area contributed by atoms with Crippen molar-refractivity contribution >= 4 is 5.91 Å². The molecule has 122 valence electrons. The van der Waals surface area contributed by atoms with Gasteiger partial charge in [-0.25, -0.2) is 0 Å². The molecule has 2 aromatic rings. The maximum atomic E-state index is 13.1. The predicted octanol–water partition coefficient (Wildman–Crippen LogP) is 2.25. The molecule has 0 aliphatic carbocycles. The highest BCUT2D eigenvalue weighted by atomic mass is 16.2. The van der Waals surface area contributed by atoms with Gasteiger partial charge in [-0.2, -0.15) is 5.10 Å². The van der Waals surface area contributed by atoms with Crippen molar-refractivity contribution in [1.29, 1.82) is 0 Å². The van der Waals surface area contributed by atoms with E-state index in [1.54, 1.807) is 4.68 Å². The first-order chi connectivity index (χ1) is 10.9. The summed E-state index contributed by atoms with van der Waals surface area (Å²) in [6.45, 7) is 6.72. The van der Waals surface area contributed by atoms with Crippen molar-refractivity contribution in [3.05, 3.63) is 42.1 Å². The highest BCUT2D eigenvalue weighted by molar-refractivity contribution is 5.99. The van der Waals surface area contributed by atoms with Crippen LogP contribution in [-0.4, -0.2) is 57.7 Å². The Morgan fingerprint density at radius 2 is 1.83 bits per heavy atom. The molecule has 0 spiro atoms. The van der Waals surface area contributed by atoms with Crippen molar-refractivity contribution < 1.29 is 4.79 Å². The maximum absolute atomic E-state index is 13.1. The van der Waals surface area contributed by atoms with Crippen LogP contribution >= 0.6 is 0 Å². The largest absolute Gasteiger partial charge is 0.335 e. The lowest BCUT2D eigenvalue weighted by Gasteiger charge is -2.45. The molecule has 1 saturated heterocycles. The van der Waals surface area contributed by atoms with Crippen LogP contribution in [0.5, 0.6) is 0 Å². The van der Waals surface area contributed by atoms with E-state index in [2.05, 4.69) is 30.9 Å². The summed E-state index contributed by atoms with van der Waals surface area (Å²) in [6, 6.07) is 9.89. The van der Waals surface area contributed by atoms with Crippen LogP contribution < -0.4 is 0 Å². The number of aromatic nitrogens is 2. The topological polar surface area (TPSA) is 41.4 Å². The Bertz CT molecular complexity index is 705. The highest BCUT2D eigenvalue weighted by Crippen LogP contribution is 2.25. The molecule has 2 heterocycles. The van der Waals surface area contributed by atoms with Crippen LogP contribution in [0.4, 0.5) is 0 Å². The monoisotopic (exact) mass is 312 g/mol. The van der Waals surface area contributed by atoms with Crippen LogP contribution in [-0.2, 0) is 7.05 Å². The van der Waals surface area contributed by atoms with E-state index in [1.807, 2.05) is 48.5 Å². The Labute approximate surface area is 137 Å². The lowest BCUT2D eigenvalue weighted by molar-refractivity contribution is 0.0312. The third-order valence-corrected chi connectivity index (χ3v) is 4.71. The summed E-state index contributed by atoms with van der Waals surface area (Å²) in [4.78, 5) is 17.3. The summed E-state index contributed by atoms with van der Waals surface area (Å²) >= 11 is 0. The van der Waals surface area contributed by atoms with E-state index >= 15 is 0 Å². The second kappa shape index (κ2) is 5.81. The number of nitrogens with zero attached hydrogens (tertiary/aromatic N) is 4. The second-order valence-corrected chi connectivity index (χ2v) is 6.89. The Kier molecular flexibility index (Phi) is 3.98. The van der Waals surface area contributed by atoms with Crippen LogP contribution in [0.1, 0.15) is 24.2 Å². The second-order valence-electron chi connectivity index (χ2n) is 6.89. The number of amides is 1. The Morgan fingerprint density at radius 3 is 2.48 bits per heavy atom. The summed E-state index contributed by atoms with van der Waals surface area (Å²) in [5, 5.41) is 4.51. The first-order valence-electron chi connectivity index (χ1n) is 7.98. The fourth-order valence-corrected chi connectivity index (χ4v) is 3.04. The molecule has 0 N–H and O–H groups in total. The zero-order valence-electron chi connectivity index (χ0n) is 14.3. The number of benzene rings is 1. The molecule has 0 radical (unpaired) electrons. The maximum Gasteiger partial charge on any atom is 0.257 e. The number of hydrogen-bond donors (Lipinski definition) is 0. The number of carbonyl (C=O) groups excluding carboxylic acids is 1. The van der Waals surface area contributed by atoms with E-state index in [-0.39, 0.29) is 11.4 Å². The van der Waals surface area contributed by atoms with Crippen LogP contribution in [0.25, 0.3) is 11.3 Å². The average molecular weight is 312 g/mol. The summed E-state index contributed by atoms with van der Waals surface area (Å²) in [5.74, 6) is 0.0677. The van der Waals surface area contributed by atoms with Gasteiger partial charge in [-0.3, -0.25) is 14.4 Å². The van der Waals surface area contributed by atoms with Crippen LogP contribution in [0.15, 0.2) is 36.5 Å². The number of carbonyl (C=O) groups is 1. The van der Waals surface area contributed by atoms with Crippen molar-refractivity contribution in [1.82, 2.24) is 19.6 Å². The molecule has 5 heteroatoms. The normalized spacial score (nSPS) is 18.2. The summed E-state index contributed by atoms with van der Waals surface area (Å²) in [6.07, 6.45) is 1.83. The van der Waals surface area contributed by atoms with Gasteiger partial charge in [0.05, 0.1) is 5.56 Å². The van der Waals surface area contributed by atoms with Crippen molar-refractivity contribution in [2.45, 2.75) is 19.4 Å². The van der Waals surface area contributed by atoms with E-state index in [0.717, 1.165) is 30.9 Å². The van der Waals surface area contributed by atoms with Crippen LogP contribution in [0.2, 0.25) is 0 Å². The van der Waals surface area contributed by atoms with Crippen molar-refractivity contribution in [3.8, 4) is 11.3 Å². The van der Waals surface area contributed by atoms with Gasteiger partial charge in [-0.1, -0.05) is 30.3 Å². The molecule has 23 heavy (non-hydrogen) atoms. The van der Waals surface area contributed by atoms with Crippen LogP contribution in [0, 0.1) is 0 Å². The number of aryl methyl sites for hydroxylation is 1. The molecular weight excluding hydrogens is 288 g/mol. The lowest BCUT2D eigenvalue weighted by Crippen LogP contribution is -2.58. The molecule has 1 aliphatic rings. The van der Waals surface area contributed by atoms with E-state index in [0.29, 0.717) is 5.56 Å². The minimum Gasteiger partial charge on any atom is -0.335 e. The van der Waals surface area contributed by atoms with Crippen molar-refractivity contribution in [2.75, 3.05) is 26.7 Å². The molecule has 3 rings (SSSR count).